The van der Waals surface area contributed by atoms with E-state index in [1.54, 1.807) is 4.68 Å². The summed E-state index contributed by atoms with van der Waals surface area (Å²) in [4.78, 5) is 14.5. The molecule has 1 unspecified atom stereocenters. The van der Waals surface area contributed by atoms with Crippen molar-refractivity contribution in [3.8, 4) is 0 Å². The second kappa shape index (κ2) is 5.52. The van der Waals surface area contributed by atoms with Crippen LogP contribution in [0.15, 0.2) is 6.07 Å². The first-order valence-corrected chi connectivity index (χ1v) is 6.65. The van der Waals surface area contributed by atoms with Crippen molar-refractivity contribution >= 4 is 5.91 Å². The second-order valence-electron chi connectivity index (χ2n) is 4.89. The van der Waals surface area contributed by atoms with Gasteiger partial charge >= 0.3 is 0 Å². The molecule has 1 aliphatic rings. The fraction of sp³-hybridized carbons (Fsp3) is 0.692. The summed E-state index contributed by atoms with van der Waals surface area (Å²) in [5.74, 6) is 0.0919. The number of hydrogen-bond acceptors (Lipinski definition) is 3. The zero-order chi connectivity index (χ0) is 13.1. The monoisotopic (exact) mass is 250 g/mol. The number of aromatic nitrogens is 2. The molecule has 1 saturated heterocycles. The summed E-state index contributed by atoms with van der Waals surface area (Å²) >= 11 is 0. The summed E-state index contributed by atoms with van der Waals surface area (Å²) in [5, 5.41) is 7.61. The van der Waals surface area contributed by atoms with E-state index >= 15 is 0 Å². The third-order valence-corrected chi connectivity index (χ3v) is 3.53. The lowest BCUT2D eigenvalue weighted by atomic mass is 10.1. The van der Waals surface area contributed by atoms with Gasteiger partial charge in [0.25, 0.3) is 5.91 Å². The Bertz CT molecular complexity index is 421. The summed E-state index contributed by atoms with van der Waals surface area (Å²) < 4.78 is 1.68. The molecule has 1 amide bonds. The van der Waals surface area contributed by atoms with Gasteiger partial charge in [-0.05, 0) is 39.3 Å². The Balaban J connectivity index is 2.16. The second-order valence-corrected chi connectivity index (χ2v) is 4.89. The number of nitrogens with zero attached hydrogens (tertiary/aromatic N) is 3. The lowest BCUT2D eigenvalue weighted by molar-refractivity contribution is 0.0651. The summed E-state index contributed by atoms with van der Waals surface area (Å²) in [5.41, 5.74) is 1.57. The molecule has 0 radical (unpaired) electrons. The van der Waals surface area contributed by atoms with Gasteiger partial charge in [-0.15, -0.1) is 0 Å². The van der Waals surface area contributed by atoms with Crippen molar-refractivity contribution in [1.82, 2.24) is 20.0 Å². The van der Waals surface area contributed by atoms with E-state index in [2.05, 4.69) is 10.4 Å². The SMILES string of the molecule is CCN(C(=O)c1cc(C)nn1C)C1CCCNC1. The first-order chi connectivity index (χ1) is 8.63. The normalized spacial score (nSPS) is 19.8. The third kappa shape index (κ3) is 2.56. The molecule has 1 aliphatic heterocycles. The molecule has 0 aromatic carbocycles. The highest BCUT2D eigenvalue weighted by molar-refractivity contribution is 5.93. The number of carbonyl (C=O) groups is 1. The summed E-state index contributed by atoms with van der Waals surface area (Å²) in [6.07, 6.45) is 2.22. The van der Waals surface area contributed by atoms with Crippen LogP contribution in [0.5, 0.6) is 0 Å². The molecular weight excluding hydrogens is 228 g/mol. The Morgan fingerprint density at radius 3 is 2.94 bits per heavy atom. The van der Waals surface area contributed by atoms with Crippen LogP contribution in [-0.2, 0) is 7.05 Å². The number of likely N-dealkylation sites (N-methyl/N-ethyl adjacent to an activating group) is 1. The predicted molar refractivity (Wildman–Crippen MR) is 70.5 cm³/mol. The van der Waals surface area contributed by atoms with E-state index in [0.717, 1.165) is 38.2 Å². The first kappa shape index (κ1) is 13.1. The molecule has 0 bridgehead atoms. The van der Waals surface area contributed by atoms with Gasteiger partial charge in [0.2, 0.25) is 0 Å². The summed E-state index contributed by atoms with van der Waals surface area (Å²) in [6, 6.07) is 2.17. The Labute approximate surface area is 108 Å². The summed E-state index contributed by atoms with van der Waals surface area (Å²) in [7, 11) is 1.83. The van der Waals surface area contributed by atoms with Crippen molar-refractivity contribution in [1.29, 1.82) is 0 Å². The van der Waals surface area contributed by atoms with Crippen LogP contribution < -0.4 is 5.32 Å². The standard InChI is InChI=1S/C13H22N4O/c1-4-17(11-6-5-7-14-9-11)13(18)12-8-10(2)15-16(12)3/h8,11,14H,4-7,9H2,1-3H3. The van der Waals surface area contributed by atoms with E-state index in [1.807, 2.05) is 31.9 Å². The van der Waals surface area contributed by atoms with Crippen molar-refractivity contribution in [3.63, 3.8) is 0 Å². The fourth-order valence-corrected chi connectivity index (χ4v) is 2.62. The minimum Gasteiger partial charge on any atom is -0.333 e. The van der Waals surface area contributed by atoms with Gasteiger partial charge in [0.15, 0.2) is 0 Å². The zero-order valence-corrected chi connectivity index (χ0v) is 11.4. The van der Waals surface area contributed by atoms with Gasteiger partial charge in [0, 0.05) is 26.2 Å². The molecular formula is C13H22N4O. The fourth-order valence-electron chi connectivity index (χ4n) is 2.62. The molecule has 1 aromatic heterocycles. The zero-order valence-electron chi connectivity index (χ0n) is 11.4. The Morgan fingerprint density at radius 2 is 2.44 bits per heavy atom. The van der Waals surface area contributed by atoms with E-state index in [1.165, 1.54) is 0 Å². The molecule has 100 valence electrons. The average Bonchev–Trinajstić information content (AvgIpc) is 2.70. The van der Waals surface area contributed by atoms with Crippen LogP contribution in [0.3, 0.4) is 0 Å². The average molecular weight is 250 g/mol. The van der Waals surface area contributed by atoms with Gasteiger partial charge in [0.05, 0.1) is 5.69 Å². The molecule has 2 heterocycles. The van der Waals surface area contributed by atoms with Gasteiger partial charge in [-0.1, -0.05) is 0 Å². The van der Waals surface area contributed by atoms with Crippen LogP contribution in [0.1, 0.15) is 35.9 Å². The molecule has 2 rings (SSSR count). The molecule has 1 aromatic rings. The molecule has 1 fully saturated rings. The third-order valence-electron chi connectivity index (χ3n) is 3.53. The molecule has 0 aliphatic carbocycles. The molecule has 18 heavy (non-hydrogen) atoms. The Hall–Kier alpha value is -1.36. The van der Waals surface area contributed by atoms with Crippen molar-refractivity contribution in [2.75, 3.05) is 19.6 Å². The maximum absolute atomic E-state index is 12.5. The highest BCUT2D eigenvalue weighted by Crippen LogP contribution is 2.14. The molecule has 0 spiro atoms. The van der Waals surface area contributed by atoms with E-state index in [0.29, 0.717) is 11.7 Å². The quantitative estimate of drug-likeness (QED) is 0.868. The lowest BCUT2D eigenvalue weighted by Crippen LogP contribution is -2.49. The summed E-state index contributed by atoms with van der Waals surface area (Å²) in [6.45, 7) is 6.66. The molecule has 0 saturated carbocycles. The van der Waals surface area contributed by atoms with Crippen molar-refractivity contribution in [2.24, 2.45) is 7.05 Å². The topological polar surface area (TPSA) is 50.2 Å². The maximum atomic E-state index is 12.5. The van der Waals surface area contributed by atoms with Crippen molar-refractivity contribution in [2.45, 2.75) is 32.7 Å². The van der Waals surface area contributed by atoms with E-state index in [4.69, 9.17) is 0 Å². The predicted octanol–water partition coefficient (Wildman–Crippen LogP) is 0.943. The van der Waals surface area contributed by atoms with Crippen LogP contribution in [0.4, 0.5) is 0 Å². The number of aryl methyl sites for hydroxylation is 2. The number of piperidine rings is 1. The van der Waals surface area contributed by atoms with Crippen molar-refractivity contribution in [3.05, 3.63) is 17.5 Å². The van der Waals surface area contributed by atoms with Crippen LogP contribution in [0.25, 0.3) is 0 Å². The number of carbonyl (C=O) groups excluding carboxylic acids is 1. The van der Waals surface area contributed by atoms with Crippen LogP contribution >= 0.6 is 0 Å². The minimum atomic E-state index is 0.0919. The van der Waals surface area contributed by atoms with Gasteiger partial charge in [-0.2, -0.15) is 5.10 Å². The smallest absolute Gasteiger partial charge is 0.272 e. The minimum absolute atomic E-state index is 0.0919. The number of amides is 1. The first-order valence-electron chi connectivity index (χ1n) is 6.65. The Kier molecular flexibility index (Phi) is 4.01. The van der Waals surface area contributed by atoms with Gasteiger partial charge in [-0.25, -0.2) is 0 Å². The number of nitrogens with one attached hydrogen (secondary N) is 1. The number of rotatable bonds is 3. The lowest BCUT2D eigenvalue weighted by Gasteiger charge is -2.33. The largest absolute Gasteiger partial charge is 0.333 e. The van der Waals surface area contributed by atoms with Crippen LogP contribution in [0, 0.1) is 6.92 Å². The van der Waals surface area contributed by atoms with Crippen molar-refractivity contribution < 1.29 is 4.79 Å². The highest BCUT2D eigenvalue weighted by Gasteiger charge is 2.26. The van der Waals surface area contributed by atoms with E-state index in [9.17, 15) is 4.79 Å². The molecule has 1 N–H and O–H groups in total. The molecule has 1 atom stereocenters. The van der Waals surface area contributed by atoms with E-state index in [-0.39, 0.29) is 5.91 Å². The molecule has 5 heteroatoms. The maximum Gasteiger partial charge on any atom is 0.272 e. The highest BCUT2D eigenvalue weighted by atomic mass is 16.2. The molecule has 5 nitrogen and oxygen atoms in total. The van der Waals surface area contributed by atoms with Crippen LogP contribution in [0.2, 0.25) is 0 Å². The van der Waals surface area contributed by atoms with Gasteiger partial charge < -0.3 is 10.2 Å². The van der Waals surface area contributed by atoms with E-state index < -0.39 is 0 Å². The van der Waals surface area contributed by atoms with Gasteiger partial charge in [0.1, 0.15) is 5.69 Å². The van der Waals surface area contributed by atoms with Crippen LogP contribution in [-0.4, -0.2) is 46.3 Å². The van der Waals surface area contributed by atoms with Gasteiger partial charge in [-0.3, -0.25) is 9.48 Å². The number of hydrogen-bond donors (Lipinski definition) is 1. The Morgan fingerprint density at radius 1 is 1.67 bits per heavy atom.